The second kappa shape index (κ2) is 12.0. The summed E-state index contributed by atoms with van der Waals surface area (Å²) >= 11 is 6.36. The minimum absolute atomic E-state index is 0.434. The second-order valence-corrected chi connectivity index (χ2v) is 6.69. The molecule has 0 aliphatic heterocycles. The maximum Gasteiger partial charge on any atom is 0.191 e. The first-order valence-corrected chi connectivity index (χ1v) is 10.2. The van der Waals surface area contributed by atoms with Gasteiger partial charge in [-0.2, -0.15) is 0 Å². The fourth-order valence-corrected chi connectivity index (χ4v) is 3.13. The summed E-state index contributed by atoms with van der Waals surface area (Å²) in [6, 6.07) is 9.53. The van der Waals surface area contributed by atoms with Crippen LogP contribution in [0.2, 0.25) is 5.02 Å². The van der Waals surface area contributed by atoms with Crippen molar-refractivity contribution in [1.82, 2.24) is 10.6 Å². The molecule has 0 unspecified atom stereocenters. The molecule has 2 rings (SSSR count). The van der Waals surface area contributed by atoms with Crippen molar-refractivity contribution in [3.8, 4) is 23.0 Å². The maximum absolute atomic E-state index is 6.36. The lowest BCUT2D eigenvalue weighted by Crippen LogP contribution is -2.36. The molecule has 30 heavy (non-hydrogen) atoms. The highest BCUT2D eigenvalue weighted by Crippen LogP contribution is 2.36. The number of hydrogen-bond donors (Lipinski definition) is 2. The lowest BCUT2D eigenvalue weighted by Gasteiger charge is -2.14. The Kier molecular flexibility index (Phi) is 9.41. The maximum atomic E-state index is 6.36. The summed E-state index contributed by atoms with van der Waals surface area (Å²) in [7, 11) is 4.83. The molecule has 0 aliphatic carbocycles. The Balaban J connectivity index is 2.12. The standard InChI is InChI=1S/C22H30ClN3O4/c1-6-24-22(25-13-15-8-9-18(27-3)19(11-15)28-4)26-14-16-10-17(23)21(30-7-2)20(12-16)29-5/h8-12H,6-7,13-14H2,1-5H3,(H2,24,25,26). The molecule has 8 heteroatoms. The van der Waals surface area contributed by atoms with Gasteiger partial charge in [0.05, 0.1) is 39.5 Å². The molecule has 2 aromatic carbocycles. The molecule has 0 aromatic heterocycles. The van der Waals surface area contributed by atoms with E-state index in [2.05, 4.69) is 15.6 Å². The molecule has 0 aliphatic rings. The molecule has 0 heterocycles. The van der Waals surface area contributed by atoms with E-state index in [0.717, 1.165) is 17.7 Å². The van der Waals surface area contributed by atoms with Crippen molar-refractivity contribution in [2.75, 3.05) is 34.5 Å². The molecular formula is C22H30ClN3O4. The van der Waals surface area contributed by atoms with Crippen LogP contribution in [0.25, 0.3) is 0 Å². The van der Waals surface area contributed by atoms with Gasteiger partial charge >= 0.3 is 0 Å². The zero-order valence-corrected chi connectivity index (χ0v) is 18.9. The summed E-state index contributed by atoms with van der Waals surface area (Å²) in [5.41, 5.74) is 1.97. The number of nitrogens with one attached hydrogen (secondary N) is 2. The van der Waals surface area contributed by atoms with Gasteiger partial charge in [0.1, 0.15) is 0 Å². The van der Waals surface area contributed by atoms with Crippen LogP contribution in [0.3, 0.4) is 0 Å². The number of rotatable bonds is 10. The molecule has 7 nitrogen and oxygen atoms in total. The highest BCUT2D eigenvalue weighted by atomic mass is 35.5. The average molecular weight is 436 g/mol. The molecule has 0 fully saturated rings. The average Bonchev–Trinajstić information content (AvgIpc) is 2.76. The van der Waals surface area contributed by atoms with Gasteiger partial charge in [0, 0.05) is 13.1 Å². The summed E-state index contributed by atoms with van der Waals surface area (Å²) in [5, 5.41) is 7.07. The Morgan fingerprint density at radius 2 is 1.60 bits per heavy atom. The van der Waals surface area contributed by atoms with Gasteiger partial charge in [-0.15, -0.1) is 0 Å². The topological polar surface area (TPSA) is 73.3 Å². The number of nitrogens with zero attached hydrogens (tertiary/aromatic N) is 1. The SMILES string of the molecule is CCNC(=NCc1cc(Cl)c(OCC)c(OC)c1)NCc1ccc(OC)c(OC)c1. The minimum Gasteiger partial charge on any atom is -0.493 e. The van der Waals surface area contributed by atoms with Crippen LogP contribution < -0.4 is 29.6 Å². The van der Waals surface area contributed by atoms with Crippen molar-refractivity contribution in [1.29, 1.82) is 0 Å². The number of halogens is 1. The summed E-state index contributed by atoms with van der Waals surface area (Å²) in [4.78, 5) is 4.65. The number of aliphatic imine (C=N–C) groups is 1. The predicted octanol–water partition coefficient (Wildman–Crippen LogP) is 4.02. The van der Waals surface area contributed by atoms with Crippen molar-refractivity contribution < 1.29 is 18.9 Å². The van der Waals surface area contributed by atoms with Crippen LogP contribution in [-0.4, -0.2) is 40.4 Å². The normalized spacial score (nSPS) is 11.1. The molecule has 0 amide bonds. The highest BCUT2D eigenvalue weighted by Gasteiger charge is 2.12. The highest BCUT2D eigenvalue weighted by molar-refractivity contribution is 6.32. The third-order valence-electron chi connectivity index (χ3n) is 4.25. The van der Waals surface area contributed by atoms with E-state index in [9.17, 15) is 0 Å². The zero-order valence-electron chi connectivity index (χ0n) is 18.2. The van der Waals surface area contributed by atoms with E-state index in [1.54, 1.807) is 21.3 Å². The number of methoxy groups -OCH3 is 3. The molecule has 2 N–H and O–H groups in total. The van der Waals surface area contributed by atoms with E-state index >= 15 is 0 Å². The third kappa shape index (κ3) is 6.35. The van der Waals surface area contributed by atoms with Crippen molar-refractivity contribution in [2.24, 2.45) is 4.99 Å². The summed E-state index contributed by atoms with van der Waals surface area (Å²) in [6.07, 6.45) is 0. The van der Waals surface area contributed by atoms with Gasteiger partial charge in [-0.1, -0.05) is 17.7 Å². The van der Waals surface area contributed by atoms with Crippen molar-refractivity contribution in [2.45, 2.75) is 26.9 Å². The van der Waals surface area contributed by atoms with E-state index in [-0.39, 0.29) is 0 Å². The first-order valence-electron chi connectivity index (χ1n) is 9.78. The Bertz CT molecular complexity index is 859. The van der Waals surface area contributed by atoms with Gasteiger partial charge in [0.25, 0.3) is 0 Å². The van der Waals surface area contributed by atoms with E-state index in [1.807, 2.05) is 44.2 Å². The van der Waals surface area contributed by atoms with E-state index in [1.165, 1.54) is 0 Å². The van der Waals surface area contributed by atoms with Crippen LogP contribution in [0.4, 0.5) is 0 Å². The van der Waals surface area contributed by atoms with Crippen LogP contribution >= 0.6 is 11.6 Å². The van der Waals surface area contributed by atoms with Gasteiger partial charge < -0.3 is 29.6 Å². The van der Waals surface area contributed by atoms with Gasteiger partial charge in [0.2, 0.25) is 0 Å². The lowest BCUT2D eigenvalue weighted by atomic mass is 10.2. The van der Waals surface area contributed by atoms with Crippen molar-refractivity contribution in [3.63, 3.8) is 0 Å². The fraction of sp³-hybridized carbons (Fsp3) is 0.409. The zero-order chi connectivity index (χ0) is 21.9. The molecule has 2 aromatic rings. The second-order valence-electron chi connectivity index (χ2n) is 6.28. The number of benzene rings is 2. The first kappa shape index (κ1) is 23.5. The van der Waals surface area contributed by atoms with Crippen LogP contribution in [0.5, 0.6) is 23.0 Å². The number of ether oxygens (including phenoxy) is 4. The van der Waals surface area contributed by atoms with Crippen LogP contribution in [0.15, 0.2) is 35.3 Å². The predicted molar refractivity (Wildman–Crippen MR) is 120 cm³/mol. The molecule has 0 spiro atoms. The molecule has 0 atom stereocenters. The monoisotopic (exact) mass is 435 g/mol. The van der Waals surface area contributed by atoms with Crippen LogP contribution in [-0.2, 0) is 13.1 Å². The molecule has 0 radical (unpaired) electrons. The third-order valence-corrected chi connectivity index (χ3v) is 4.53. The quantitative estimate of drug-likeness (QED) is 0.433. The number of guanidine groups is 1. The largest absolute Gasteiger partial charge is 0.493 e. The minimum atomic E-state index is 0.434. The Hall–Kier alpha value is -2.80. The molecule has 0 saturated carbocycles. The summed E-state index contributed by atoms with van der Waals surface area (Å²) in [5.74, 6) is 3.22. The van der Waals surface area contributed by atoms with E-state index in [0.29, 0.717) is 53.7 Å². The fourth-order valence-electron chi connectivity index (χ4n) is 2.84. The van der Waals surface area contributed by atoms with Gasteiger partial charge in [-0.05, 0) is 49.2 Å². The van der Waals surface area contributed by atoms with Gasteiger partial charge in [-0.25, -0.2) is 4.99 Å². The smallest absolute Gasteiger partial charge is 0.191 e. The first-order chi connectivity index (χ1) is 14.6. The Morgan fingerprint density at radius 3 is 2.23 bits per heavy atom. The summed E-state index contributed by atoms with van der Waals surface area (Å²) < 4.78 is 21.6. The lowest BCUT2D eigenvalue weighted by molar-refractivity contribution is 0.311. The van der Waals surface area contributed by atoms with Crippen LogP contribution in [0.1, 0.15) is 25.0 Å². The molecule has 0 bridgehead atoms. The summed E-state index contributed by atoms with van der Waals surface area (Å²) in [6.45, 7) is 6.19. The van der Waals surface area contributed by atoms with Crippen LogP contribution in [0, 0.1) is 0 Å². The Morgan fingerprint density at radius 1 is 0.900 bits per heavy atom. The molecule has 0 saturated heterocycles. The number of hydrogen-bond acceptors (Lipinski definition) is 5. The van der Waals surface area contributed by atoms with E-state index < -0.39 is 0 Å². The molecule has 164 valence electrons. The van der Waals surface area contributed by atoms with Gasteiger partial charge in [-0.3, -0.25) is 0 Å². The molecular weight excluding hydrogens is 406 g/mol. The van der Waals surface area contributed by atoms with E-state index in [4.69, 9.17) is 30.5 Å². The van der Waals surface area contributed by atoms with Gasteiger partial charge in [0.15, 0.2) is 29.0 Å². The van der Waals surface area contributed by atoms with Crippen molar-refractivity contribution in [3.05, 3.63) is 46.5 Å². The van der Waals surface area contributed by atoms with Crippen molar-refractivity contribution >= 4 is 17.6 Å². The Labute approximate surface area is 183 Å².